The van der Waals surface area contributed by atoms with Crippen LogP contribution in [0, 0.1) is 0 Å². The average Bonchev–Trinajstić information content (AvgIpc) is 2.91. The van der Waals surface area contributed by atoms with Crippen molar-refractivity contribution in [2.75, 3.05) is 6.54 Å². The van der Waals surface area contributed by atoms with E-state index in [0.717, 1.165) is 28.0 Å². The van der Waals surface area contributed by atoms with Gasteiger partial charge in [0, 0.05) is 28.4 Å². The van der Waals surface area contributed by atoms with Crippen molar-refractivity contribution in [2.24, 2.45) is 5.73 Å². The first-order valence-corrected chi connectivity index (χ1v) is 8.05. The number of rotatable bonds is 4. The number of hydrogen-bond donors (Lipinski definition) is 1. The summed E-state index contributed by atoms with van der Waals surface area (Å²) < 4.78 is 0. The molecular weight excluding hydrogens is 278 g/mol. The molecule has 21 heavy (non-hydrogen) atoms. The van der Waals surface area contributed by atoms with Gasteiger partial charge in [0.1, 0.15) is 0 Å². The highest BCUT2D eigenvalue weighted by Gasteiger charge is 2.15. The van der Waals surface area contributed by atoms with Crippen molar-refractivity contribution in [2.45, 2.75) is 26.2 Å². The maximum Gasteiger partial charge on any atom is 0.0948 e. The lowest BCUT2D eigenvalue weighted by molar-refractivity contribution is 0.887. The summed E-state index contributed by atoms with van der Waals surface area (Å²) in [7, 11) is 0. The van der Waals surface area contributed by atoms with Gasteiger partial charge in [-0.05, 0) is 30.7 Å². The molecule has 108 valence electrons. The molecule has 3 rings (SSSR count). The zero-order valence-electron chi connectivity index (χ0n) is 12.3. The molecule has 0 aliphatic carbocycles. The molecule has 0 atom stereocenters. The summed E-state index contributed by atoms with van der Waals surface area (Å²) in [6.45, 7) is 5.07. The number of thiazole rings is 1. The molecule has 0 saturated heterocycles. The van der Waals surface area contributed by atoms with E-state index in [9.17, 15) is 0 Å². The highest BCUT2D eigenvalue weighted by atomic mass is 32.1. The molecule has 1 aromatic carbocycles. The number of fused-ring (bicyclic) bond motifs is 1. The summed E-state index contributed by atoms with van der Waals surface area (Å²) in [6, 6.07) is 10.4. The Morgan fingerprint density at radius 2 is 2.10 bits per heavy atom. The van der Waals surface area contributed by atoms with Crippen LogP contribution < -0.4 is 5.73 Å². The summed E-state index contributed by atoms with van der Waals surface area (Å²) >= 11 is 1.79. The van der Waals surface area contributed by atoms with E-state index in [1.165, 1.54) is 10.4 Å². The normalized spacial score (nSPS) is 11.4. The fraction of sp³-hybridized carbons (Fsp3) is 0.294. The maximum absolute atomic E-state index is 5.67. The van der Waals surface area contributed by atoms with Gasteiger partial charge < -0.3 is 5.73 Å². The van der Waals surface area contributed by atoms with Crippen molar-refractivity contribution in [1.82, 2.24) is 9.97 Å². The third kappa shape index (κ3) is 2.82. The third-order valence-electron chi connectivity index (χ3n) is 3.46. The predicted octanol–water partition coefficient (Wildman–Crippen LogP) is 3.98. The molecule has 3 nitrogen and oxygen atoms in total. The number of benzene rings is 1. The number of pyridine rings is 1. The van der Waals surface area contributed by atoms with Crippen molar-refractivity contribution in [3.8, 4) is 11.3 Å². The molecule has 0 aliphatic heterocycles. The second-order valence-electron chi connectivity index (χ2n) is 5.42. The summed E-state index contributed by atoms with van der Waals surface area (Å²) in [5.74, 6) is 0.466. The van der Waals surface area contributed by atoms with Gasteiger partial charge in [-0.15, -0.1) is 11.3 Å². The van der Waals surface area contributed by atoms with Crippen molar-refractivity contribution in [3.05, 3.63) is 46.4 Å². The molecule has 0 saturated carbocycles. The van der Waals surface area contributed by atoms with Crippen LogP contribution in [0.4, 0.5) is 0 Å². The largest absolute Gasteiger partial charge is 0.330 e. The zero-order valence-corrected chi connectivity index (χ0v) is 13.2. The summed E-state index contributed by atoms with van der Waals surface area (Å²) in [6.07, 6.45) is 2.67. The second-order valence-corrected chi connectivity index (χ2v) is 6.54. The van der Waals surface area contributed by atoms with Crippen molar-refractivity contribution in [1.29, 1.82) is 0 Å². The van der Waals surface area contributed by atoms with Crippen molar-refractivity contribution < 1.29 is 0 Å². The Kier molecular flexibility index (Phi) is 3.99. The minimum absolute atomic E-state index is 0.466. The second kappa shape index (κ2) is 5.92. The van der Waals surface area contributed by atoms with E-state index in [4.69, 9.17) is 10.7 Å². The van der Waals surface area contributed by atoms with Gasteiger partial charge in [0.15, 0.2) is 0 Å². The van der Waals surface area contributed by atoms with Crippen molar-refractivity contribution in [3.63, 3.8) is 0 Å². The van der Waals surface area contributed by atoms with E-state index in [1.807, 2.05) is 12.3 Å². The van der Waals surface area contributed by atoms with E-state index in [-0.39, 0.29) is 0 Å². The van der Waals surface area contributed by atoms with E-state index >= 15 is 0 Å². The fourth-order valence-electron chi connectivity index (χ4n) is 2.43. The molecule has 0 radical (unpaired) electrons. The molecule has 3 aromatic rings. The van der Waals surface area contributed by atoms with Crippen molar-refractivity contribution >= 4 is 22.2 Å². The highest BCUT2D eigenvalue weighted by molar-refractivity contribution is 7.12. The van der Waals surface area contributed by atoms with Crippen LogP contribution in [0.1, 0.15) is 29.7 Å². The number of nitrogens with zero attached hydrogens (tertiary/aromatic N) is 2. The molecule has 4 heteroatoms. The van der Waals surface area contributed by atoms with Crippen LogP contribution in [-0.4, -0.2) is 16.5 Å². The maximum atomic E-state index is 5.67. The van der Waals surface area contributed by atoms with E-state index in [0.29, 0.717) is 12.5 Å². The molecule has 0 bridgehead atoms. The van der Waals surface area contributed by atoms with Crippen LogP contribution in [0.2, 0.25) is 0 Å². The molecule has 0 aliphatic rings. The monoisotopic (exact) mass is 297 g/mol. The molecule has 2 aromatic heterocycles. The third-order valence-corrected chi connectivity index (χ3v) is 4.87. The first-order chi connectivity index (χ1) is 10.2. The Hall–Kier alpha value is -1.78. The van der Waals surface area contributed by atoms with Crippen LogP contribution in [0.15, 0.2) is 36.5 Å². The Bertz CT molecular complexity index is 762. The molecule has 2 N–H and O–H groups in total. The van der Waals surface area contributed by atoms with Gasteiger partial charge in [-0.3, -0.25) is 4.98 Å². The quantitative estimate of drug-likeness (QED) is 0.792. The Morgan fingerprint density at radius 1 is 1.24 bits per heavy atom. The smallest absolute Gasteiger partial charge is 0.0948 e. The lowest BCUT2D eigenvalue weighted by Crippen LogP contribution is -2.01. The number of aromatic nitrogens is 2. The summed E-state index contributed by atoms with van der Waals surface area (Å²) in [5.41, 5.74) is 8.95. The van der Waals surface area contributed by atoms with Crippen LogP contribution in [0.25, 0.3) is 22.2 Å². The van der Waals surface area contributed by atoms with E-state index < -0.39 is 0 Å². The number of hydrogen-bond acceptors (Lipinski definition) is 4. The lowest BCUT2D eigenvalue weighted by atomic mass is 10.0. The Morgan fingerprint density at radius 3 is 2.86 bits per heavy atom. The molecule has 0 unspecified atom stereocenters. The molecule has 0 fully saturated rings. The molecule has 2 heterocycles. The number of nitrogens with two attached hydrogens (primary N) is 1. The van der Waals surface area contributed by atoms with Crippen LogP contribution in [0.5, 0.6) is 0 Å². The van der Waals surface area contributed by atoms with Gasteiger partial charge in [-0.25, -0.2) is 4.98 Å². The zero-order chi connectivity index (χ0) is 14.8. The van der Waals surface area contributed by atoms with Crippen LogP contribution >= 0.6 is 11.3 Å². The lowest BCUT2D eigenvalue weighted by Gasteiger charge is -2.06. The van der Waals surface area contributed by atoms with Gasteiger partial charge in [-0.1, -0.05) is 26.0 Å². The Balaban J connectivity index is 2.12. The standard InChI is InChI=1S/C17H19N3S/c1-11(2)17-16(20-15(21-17)7-8-18)13-5-6-14-12(10-13)4-3-9-19-14/h3-6,9-11H,7-8,18H2,1-2H3. The van der Waals surface area contributed by atoms with Gasteiger partial charge >= 0.3 is 0 Å². The van der Waals surface area contributed by atoms with Gasteiger partial charge in [0.2, 0.25) is 0 Å². The van der Waals surface area contributed by atoms with Gasteiger partial charge in [0.25, 0.3) is 0 Å². The van der Waals surface area contributed by atoms with Crippen LogP contribution in [-0.2, 0) is 6.42 Å². The van der Waals surface area contributed by atoms with E-state index in [2.05, 4.69) is 43.1 Å². The minimum atomic E-state index is 0.466. The summed E-state index contributed by atoms with van der Waals surface area (Å²) in [4.78, 5) is 10.5. The van der Waals surface area contributed by atoms with E-state index in [1.54, 1.807) is 11.3 Å². The highest BCUT2D eigenvalue weighted by Crippen LogP contribution is 2.35. The SMILES string of the molecule is CC(C)c1sc(CCN)nc1-c1ccc2ncccc2c1. The topological polar surface area (TPSA) is 51.8 Å². The first kappa shape index (κ1) is 14.2. The molecular formula is C17H19N3S. The minimum Gasteiger partial charge on any atom is -0.330 e. The Labute approximate surface area is 128 Å². The predicted molar refractivity (Wildman–Crippen MR) is 89.7 cm³/mol. The summed E-state index contributed by atoms with van der Waals surface area (Å²) in [5, 5.41) is 2.28. The van der Waals surface area contributed by atoms with Gasteiger partial charge in [0.05, 0.1) is 16.2 Å². The molecule has 0 amide bonds. The van der Waals surface area contributed by atoms with Crippen LogP contribution in [0.3, 0.4) is 0 Å². The van der Waals surface area contributed by atoms with Gasteiger partial charge in [-0.2, -0.15) is 0 Å². The first-order valence-electron chi connectivity index (χ1n) is 7.24. The fourth-order valence-corrected chi connectivity index (χ4v) is 3.54. The average molecular weight is 297 g/mol. The molecule has 0 spiro atoms.